The minimum atomic E-state index is -0.148. The smallest absolute Gasteiger partial charge is 0.319 e. The van der Waals surface area contributed by atoms with Gasteiger partial charge in [0.05, 0.1) is 19.6 Å². The summed E-state index contributed by atoms with van der Waals surface area (Å²) in [7, 11) is 4.10. The molecule has 0 spiro atoms. The Balaban J connectivity index is 1.65. The first kappa shape index (κ1) is 18.3. The van der Waals surface area contributed by atoms with Crippen molar-refractivity contribution in [2.75, 3.05) is 43.9 Å². The molecule has 1 heterocycles. The van der Waals surface area contributed by atoms with E-state index in [4.69, 9.17) is 0 Å². The third kappa shape index (κ3) is 4.76. The molecule has 26 heavy (non-hydrogen) atoms. The zero-order valence-electron chi connectivity index (χ0n) is 15.7. The minimum absolute atomic E-state index is 0.148. The van der Waals surface area contributed by atoms with Gasteiger partial charge in [-0.25, -0.2) is 4.79 Å². The first-order chi connectivity index (χ1) is 12.6. The second-order valence-electron chi connectivity index (χ2n) is 7.10. The molecule has 5 nitrogen and oxygen atoms in total. The van der Waals surface area contributed by atoms with Gasteiger partial charge in [-0.1, -0.05) is 30.3 Å². The number of carbonyl (C=O) groups excluding carboxylic acids is 1. The summed E-state index contributed by atoms with van der Waals surface area (Å²) < 4.78 is 0. The van der Waals surface area contributed by atoms with Crippen LogP contribution in [0.5, 0.6) is 0 Å². The zero-order chi connectivity index (χ0) is 18.4. The number of hydrogen-bond acceptors (Lipinski definition) is 2. The van der Waals surface area contributed by atoms with E-state index in [1.54, 1.807) is 4.90 Å². The first-order valence-corrected chi connectivity index (χ1v) is 9.35. The quantitative estimate of drug-likeness (QED) is 0.746. The number of quaternary nitrogens is 1. The fraction of sp³-hybridized carbons (Fsp3) is 0.381. The minimum Gasteiger partial charge on any atom is -0.378 e. The van der Waals surface area contributed by atoms with Gasteiger partial charge in [0.1, 0.15) is 6.04 Å². The van der Waals surface area contributed by atoms with Crippen molar-refractivity contribution in [1.82, 2.24) is 5.32 Å². The van der Waals surface area contributed by atoms with Crippen molar-refractivity contribution in [3.8, 4) is 0 Å². The molecule has 1 aliphatic heterocycles. The maximum Gasteiger partial charge on any atom is 0.319 e. The van der Waals surface area contributed by atoms with E-state index in [0.717, 1.165) is 5.69 Å². The SMILES string of the molecule is CN(C)c1ccc([C@@H](CNC(=O)Nc2ccccc2)[NH+]2CCCC2)cc1. The van der Waals surface area contributed by atoms with Gasteiger partial charge in [-0.15, -0.1) is 0 Å². The number of para-hydroxylation sites is 1. The molecule has 1 aliphatic rings. The van der Waals surface area contributed by atoms with E-state index in [9.17, 15) is 4.79 Å². The Bertz CT molecular complexity index is 694. The highest BCUT2D eigenvalue weighted by atomic mass is 16.2. The van der Waals surface area contributed by atoms with Gasteiger partial charge in [0.2, 0.25) is 0 Å². The second-order valence-corrected chi connectivity index (χ2v) is 7.10. The lowest BCUT2D eigenvalue weighted by molar-refractivity contribution is -0.918. The molecular formula is C21H29N4O+. The maximum atomic E-state index is 12.3. The molecule has 0 aliphatic carbocycles. The van der Waals surface area contributed by atoms with E-state index in [0.29, 0.717) is 6.54 Å². The molecule has 5 heteroatoms. The highest BCUT2D eigenvalue weighted by Crippen LogP contribution is 2.17. The lowest BCUT2D eigenvalue weighted by Crippen LogP contribution is -3.11. The van der Waals surface area contributed by atoms with Crippen molar-refractivity contribution < 1.29 is 9.69 Å². The number of urea groups is 1. The van der Waals surface area contributed by atoms with E-state index in [1.807, 2.05) is 44.4 Å². The fourth-order valence-corrected chi connectivity index (χ4v) is 3.57. The summed E-state index contributed by atoms with van der Waals surface area (Å²) in [5.74, 6) is 0. The summed E-state index contributed by atoms with van der Waals surface area (Å²) in [6.45, 7) is 2.97. The Morgan fingerprint density at radius 2 is 1.69 bits per heavy atom. The zero-order valence-corrected chi connectivity index (χ0v) is 15.7. The molecule has 0 bridgehead atoms. The Kier molecular flexibility index (Phi) is 6.12. The average Bonchev–Trinajstić information content (AvgIpc) is 3.17. The van der Waals surface area contributed by atoms with Crippen LogP contribution in [0.25, 0.3) is 0 Å². The number of carbonyl (C=O) groups is 1. The molecule has 0 saturated carbocycles. The Hall–Kier alpha value is -2.53. The van der Waals surface area contributed by atoms with Gasteiger partial charge < -0.3 is 20.4 Å². The van der Waals surface area contributed by atoms with Crippen LogP contribution in [0.4, 0.5) is 16.2 Å². The third-order valence-corrected chi connectivity index (χ3v) is 5.05. The van der Waals surface area contributed by atoms with Crippen molar-refractivity contribution in [3.05, 3.63) is 60.2 Å². The largest absolute Gasteiger partial charge is 0.378 e. The Morgan fingerprint density at radius 1 is 1.04 bits per heavy atom. The Morgan fingerprint density at radius 3 is 2.31 bits per heavy atom. The standard InChI is InChI=1S/C21H28N4O/c1-24(2)19-12-10-17(11-13-19)20(25-14-6-7-15-25)16-22-21(26)23-18-8-4-3-5-9-18/h3-5,8-13,20H,6-7,14-16H2,1-2H3,(H2,22,23,26)/p+1/t20-/m1/s1. The van der Waals surface area contributed by atoms with Crippen LogP contribution >= 0.6 is 0 Å². The van der Waals surface area contributed by atoms with Crippen molar-refractivity contribution in [3.63, 3.8) is 0 Å². The van der Waals surface area contributed by atoms with Crippen LogP contribution in [0.15, 0.2) is 54.6 Å². The average molecular weight is 353 g/mol. The second kappa shape index (κ2) is 8.72. The number of rotatable bonds is 6. The molecule has 138 valence electrons. The van der Waals surface area contributed by atoms with Gasteiger partial charge in [-0.05, 0) is 24.3 Å². The first-order valence-electron chi connectivity index (χ1n) is 9.35. The van der Waals surface area contributed by atoms with Crippen molar-refractivity contribution in [1.29, 1.82) is 0 Å². The number of nitrogens with zero attached hydrogens (tertiary/aromatic N) is 1. The molecule has 3 rings (SSSR count). The number of amides is 2. The van der Waals surface area contributed by atoms with Crippen LogP contribution in [0.1, 0.15) is 24.4 Å². The third-order valence-electron chi connectivity index (χ3n) is 5.05. The highest BCUT2D eigenvalue weighted by Gasteiger charge is 2.27. The van der Waals surface area contributed by atoms with Crippen LogP contribution in [-0.4, -0.2) is 39.8 Å². The molecule has 1 saturated heterocycles. The number of benzene rings is 2. The number of likely N-dealkylation sites (tertiary alicyclic amines) is 1. The summed E-state index contributed by atoms with van der Waals surface area (Å²) in [5, 5.41) is 5.96. The van der Waals surface area contributed by atoms with E-state index < -0.39 is 0 Å². The summed E-state index contributed by atoms with van der Waals surface area (Å²) in [6.07, 6.45) is 2.52. The lowest BCUT2D eigenvalue weighted by Gasteiger charge is -2.26. The molecule has 2 aromatic rings. The summed E-state index contributed by atoms with van der Waals surface area (Å²) in [6, 6.07) is 18.4. The van der Waals surface area contributed by atoms with Crippen LogP contribution in [0.3, 0.4) is 0 Å². The molecule has 1 fully saturated rings. The van der Waals surface area contributed by atoms with E-state index in [-0.39, 0.29) is 12.1 Å². The highest BCUT2D eigenvalue weighted by molar-refractivity contribution is 5.89. The summed E-state index contributed by atoms with van der Waals surface area (Å²) in [4.78, 5) is 15.9. The Labute approximate surface area is 156 Å². The maximum absolute atomic E-state index is 12.3. The number of nitrogens with one attached hydrogen (secondary N) is 3. The molecule has 2 amide bonds. The summed E-state index contributed by atoms with van der Waals surface area (Å²) in [5.41, 5.74) is 3.29. The van der Waals surface area contributed by atoms with Gasteiger partial charge in [0.25, 0.3) is 0 Å². The van der Waals surface area contributed by atoms with Crippen molar-refractivity contribution in [2.45, 2.75) is 18.9 Å². The molecule has 0 aromatic heterocycles. The topological polar surface area (TPSA) is 48.8 Å². The molecule has 2 aromatic carbocycles. The van der Waals surface area contributed by atoms with Crippen LogP contribution in [-0.2, 0) is 0 Å². The number of hydrogen-bond donors (Lipinski definition) is 3. The van der Waals surface area contributed by atoms with Crippen LogP contribution in [0.2, 0.25) is 0 Å². The van der Waals surface area contributed by atoms with E-state index in [1.165, 1.54) is 37.2 Å². The molecule has 1 atom stereocenters. The van der Waals surface area contributed by atoms with Gasteiger partial charge in [-0.3, -0.25) is 0 Å². The van der Waals surface area contributed by atoms with Crippen molar-refractivity contribution >= 4 is 17.4 Å². The molecule has 0 unspecified atom stereocenters. The van der Waals surface area contributed by atoms with E-state index >= 15 is 0 Å². The lowest BCUT2D eigenvalue weighted by atomic mass is 10.0. The monoisotopic (exact) mass is 353 g/mol. The van der Waals surface area contributed by atoms with Gasteiger partial charge in [-0.2, -0.15) is 0 Å². The molecule has 0 radical (unpaired) electrons. The van der Waals surface area contributed by atoms with E-state index in [2.05, 4.69) is 39.8 Å². The fourth-order valence-electron chi connectivity index (χ4n) is 3.57. The van der Waals surface area contributed by atoms with Gasteiger partial charge in [0, 0.05) is 43.9 Å². The van der Waals surface area contributed by atoms with Gasteiger partial charge in [0.15, 0.2) is 0 Å². The van der Waals surface area contributed by atoms with Crippen LogP contribution in [0, 0.1) is 0 Å². The normalized spacial score (nSPS) is 15.5. The van der Waals surface area contributed by atoms with Gasteiger partial charge >= 0.3 is 6.03 Å². The molecule has 3 N–H and O–H groups in total. The molecular weight excluding hydrogens is 324 g/mol. The van der Waals surface area contributed by atoms with Crippen molar-refractivity contribution in [2.24, 2.45) is 0 Å². The van der Waals surface area contributed by atoms with Crippen LogP contribution < -0.4 is 20.4 Å². The predicted octanol–water partition coefficient (Wildman–Crippen LogP) is 2.29. The number of anilines is 2. The predicted molar refractivity (Wildman–Crippen MR) is 107 cm³/mol. The summed E-state index contributed by atoms with van der Waals surface area (Å²) >= 11 is 0.